The third-order valence-corrected chi connectivity index (χ3v) is 2.52. The fourth-order valence-electron chi connectivity index (χ4n) is 1.88. The van der Waals surface area contributed by atoms with Gasteiger partial charge in [0.25, 0.3) is 0 Å². The third-order valence-electron chi connectivity index (χ3n) is 2.52. The Balaban J connectivity index is 2.41. The van der Waals surface area contributed by atoms with E-state index in [0.29, 0.717) is 5.95 Å². The van der Waals surface area contributed by atoms with Crippen molar-refractivity contribution in [2.45, 2.75) is 32.7 Å². The molecule has 0 radical (unpaired) electrons. The van der Waals surface area contributed by atoms with Crippen LogP contribution in [0.5, 0.6) is 0 Å². The summed E-state index contributed by atoms with van der Waals surface area (Å²) in [6.07, 6.45) is 3.07. The number of nitrogens with zero attached hydrogens (tertiary/aromatic N) is 2. The van der Waals surface area contributed by atoms with Crippen molar-refractivity contribution in [1.29, 1.82) is 0 Å². The van der Waals surface area contributed by atoms with E-state index in [-0.39, 0.29) is 0 Å². The van der Waals surface area contributed by atoms with Crippen molar-refractivity contribution >= 4 is 5.95 Å². The van der Waals surface area contributed by atoms with Crippen molar-refractivity contribution in [1.82, 2.24) is 15.3 Å². The molecule has 0 aromatic carbocycles. The molecule has 2 rings (SSSR count). The molecule has 0 bridgehead atoms. The van der Waals surface area contributed by atoms with Gasteiger partial charge in [-0.15, -0.1) is 0 Å². The molecule has 0 aliphatic carbocycles. The van der Waals surface area contributed by atoms with Crippen LogP contribution in [-0.2, 0) is 19.4 Å². The standard InChI is InChI=1S/C10H16N4/c1-2-3-8-7-6-12-5-4-9(7)14-10(11)13-8/h12H,2-6H2,1H3,(H2,11,13,14). The molecule has 0 unspecified atom stereocenters. The van der Waals surface area contributed by atoms with Gasteiger partial charge in [0.1, 0.15) is 0 Å². The summed E-state index contributed by atoms with van der Waals surface area (Å²) < 4.78 is 0. The van der Waals surface area contributed by atoms with Gasteiger partial charge in [0.05, 0.1) is 11.4 Å². The van der Waals surface area contributed by atoms with Gasteiger partial charge in [0, 0.05) is 25.1 Å². The van der Waals surface area contributed by atoms with Crippen LogP contribution in [0.2, 0.25) is 0 Å². The highest BCUT2D eigenvalue weighted by Crippen LogP contribution is 2.17. The van der Waals surface area contributed by atoms with Crippen molar-refractivity contribution in [2.75, 3.05) is 12.3 Å². The van der Waals surface area contributed by atoms with E-state index in [1.807, 2.05) is 0 Å². The predicted molar refractivity (Wildman–Crippen MR) is 55.9 cm³/mol. The van der Waals surface area contributed by atoms with Crippen molar-refractivity contribution in [3.8, 4) is 0 Å². The molecule has 76 valence electrons. The fraction of sp³-hybridized carbons (Fsp3) is 0.600. The van der Waals surface area contributed by atoms with Gasteiger partial charge in [-0.2, -0.15) is 0 Å². The molecule has 0 atom stereocenters. The van der Waals surface area contributed by atoms with Crippen molar-refractivity contribution in [3.63, 3.8) is 0 Å². The Kier molecular flexibility index (Phi) is 2.63. The normalized spacial score (nSPS) is 15.2. The van der Waals surface area contributed by atoms with Crippen LogP contribution >= 0.6 is 0 Å². The molecular formula is C10H16N4. The lowest BCUT2D eigenvalue weighted by molar-refractivity contribution is 0.616. The van der Waals surface area contributed by atoms with E-state index in [2.05, 4.69) is 22.2 Å². The highest BCUT2D eigenvalue weighted by atomic mass is 15.0. The smallest absolute Gasteiger partial charge is 0.220 e. The maximum Gasteiger partial charge on any atom is 0.220 e. The zero-order valence-electron chi connectivity index (χ0n) is 8.51. The molecule has 1 aromatic heterocycles. The van der Waals surface area contributed by atoms with Gasteiger partial charge in [-0.1, -0.05) is 13.3 Å². The second kappa shape index (κ2) is 3.92. The summed E-state index contributed by atoms with van der Waals surface area (Å²) in [5.74, 6) is 0.425. The topological polar surface area (TPSA) is 63.8 Å². The van der Waals surface area contributed by atoms with E-state index in [0.717, 1.165) is 43.7 Å². The summed E-state index contributed by atoms with van der Waals surface area (Å²) in [4.78, 5) is 8.59. The zero-order chi connectivity index (χ0) is 9.97. The first-order valence-corrected chi connectivity index (χ1v) is 5.16. The summed E-state index contributed by atoms with van der Waals surface area (Å²) in [6, 6.07) is 0. The molecule has 14 heavy (non-hydrogen) atoms. The highest BCUT2D eigenvalue weighted by Gasteiger charge is 2.15. The molecule has 0 saturated heterocycles. The summed E-state index contributed by atoms with van der Waals surface area (Å²) >= 11 is 0. The highest BCUT2D eigenvalue weighted by molar-refractivity contribution is 5.33. The first-order valence-electron chi connectivity index (χ1n) is 5.16. The number of hydrogen-bond acceptors (Lipinski definition) is 4. The summed E-state index contributed by atoms with van der Waals surface area (Å²) in [5, 5.41) is 3.34. The Morgan fingerprint density at radius 1 is 1.43 bits per heavy atom. The lowest BCUT2D eigenvalue weighted by atomic mass is 10.0. The fourth-order valence-corrected chi connectivity index (χ4v) is 1.88. The van der Waals surface area contributed by atoms with Gasteiger partial charge in [0.2, 0.25) is 5.95 Å². The van der Waals surface area contributed by atoms with E-state index < -0.39 is 0 Å². The first-order chi connectivity index (χ1) is 6.81. The molecule has 0 saturated carbocycles. The maximum absolute atomic E-state index is 5.67. The van der Waals surface area contributed by atoms with E-state index in [9.17, 15) is 0 Å². The zero-order valence-corrected chi connectivity index (χ0v) is 8.51. The van der Waals surface area contributed by atoms with Gasteiger partial charge >= 0.3 is 0 Å². The number of rotatable bonds is 2. The molecule has 1 aromatic rings. The molecule has 4 heteroatoms. The van der Waals surface area contributed by atoms with Gasteiger partial charge in [-0.3, -0.25) is 0 Å². The third kappa shape index (κ3) is 1.70. The van der Waals surface area contributed by atoms with Crippen molar-refractivity contribution in [3.05, 3.63) is 17.0 Å². The van der Waals surface area contributed by atoms with Crippen LogP contribution in [0.15, 0.2) is 0 Å². The van der Waals surface area contributed by atoms with Crippen LogP contribution in [0.3, 0.4) is 0 Å². The molecule has 0 amide bonds. The maximum atomic E-state index is 5.67. The largest absolute Gasteiger partial charge is 0.368 e. The van der Waals surface area contributed by atoms with Crippen LogP contribution in [0, 0.1) is 0 Å². The Hall–Kier alpha value is -1.16. The Bertz CT molecular complexity index is 335. The molecule has 3 N–H and O–H groups in total. The minimum atomic E-state index is 0.425. The van der Waals surface area contributed by atoms with Crippen LogP contribution < -0.4 is 11.1 Å². The van der Waals surface area contributed by atoms with E-state index in [1.165, 1.54) is 5.56 Å². The molecule has 0 spiro atoms. The SMILES string of the molecule is CCCc1nc(N)nc2c1CNCC2. The Morgan fingerprint density at radius 3 is 3.07 bits per heavy atom. The molecule has 2 heterocycles. The number of nitrogens with one attached hydrogen (secondary N) is 1. The average molecular weight is 192 g/mol. The number of nitrogens with two attached hydrogens (primary N) is 1. The molecule has 4 nitrogen and oxygen atoms in total. The summed E-state index contributed by atoms with van der Waals surface area (Å²) in [7, 11) is 0. The van der Waals surface area contributed by atoms with Crippen LogP contribution in [0.4, 0.5) is 5.95 Å². The lowest BCUT2D eigenvalue weighted by Crippen LogP contribution is -2.27. The van der Waals surface area contributed by atoms with Crippen LogP contribution in [0.1, 0.15) is 30.3 Å². The number of hydrogen-bond donors (Lipinski definition) is 2. The molecule has 0 fully saturated rings. The lowest BCUT2D eigenvalue weighted by Gasteiger charge is -2.18. The number of aromatic nitrogens is 2. The second-order valence-electron chi connectivity index (χ2n) is 3.63. The first kappa shape index (κ1) is 9.40. The quantitative estimate of drug-likeness (QED) is 0.722. The van der Waals surface area contributed by atoms with E-state index in [4.69, 9.17) is 5.73 Å². The average Bonchev–Trinajstić information content (AvgIpc) is 2.18. The molecular weight excluding hydrogens is 176 g/mol. The summed E-state index contributed by atoms with van der Waals surface area (Å²) in [6.45, 7) is 4.04. The van der Waals surface area contributed by atoms with Crippen LogP contribution in [-0.4, -0.2) is 16.5 Å². The van der Waals surface area contributed by atoms with Crippen molar-refractivity contribution < 1.29 is 0 Å². The minimum absolute atomic E-state index is 0.425. The molecule has 1 aliphatic rings. The van der Waals surface area contributed by atoms with Gasteiger partial charge in [0.15, 0.2) is 0 Å². The van der Waals surface area contributed by atoms with Crippen molar-refractivity contribution in [2.24, 2.45) is 0 Å². The number of fused-ring (bicyclic) bond motifs is 1. The summed E-state index contributed by atoms with van der Waals surface area (Å²) in [5.41, 5.74) is 9.21. The molecule has 1 aliphatic heterocycles. The number of aryl methyl sites for hydroxylation is 1. The van der Waals surface area contributed by atoms with Gasteiger partial charge in [-0.25, -0.2) is 9.97 Å². The van der Waals surface area contributed by atoms with E-state index in [1.54, 1.807) is 0 Å². The van der Waals surface area contributed by atoms with Gasteiger partial charge in [-0.05, 0) is 6.42 Å². The minimum Gasteiger partial charge on any atom is -0.368 e. The van der Waals surface area contributed by atoms with Crippen LogP contribution in [0.25, 0.3) is 0 Å². The Labute approximate surface area is 83.9 Å². The van der Waals surface area contributed by atoms with E-state index >= 15 is 0 Å². The predicted octanol–water partition coefficient (Wildman–Crippen LogP) is 0.657. The monoisotopic (exact) mass is 192 g/mol. The number of nitrogen functional groups attached to an aromatic ring is 1. The second-order valence-corrected chi connectivity index (χ2v) is 3.63. The number of anilines is 1. The van der Waals surface area contributed by atoms with Gasteiger partial charge < -0.3 is 11.1 Å². The Morgan fingerprint density at radius 2 is 2.29 bits per heavy atom.